The number of aryl methyl sites for hydroxylation is 3. The number of rotatable bonds is 5. The first-order valence-electron chi connectivity index (χ1n) is 8.99. The molecule has 1 amide bonds. The predicted molar refractivity (Wildman–Crippen MR) is 95.6 cm³/mol. The van der Waals surface area contributed by atoms with Gasteiger partial charge in [-0.05, 0) is 45.1 Å². The van der Waals surface area contributed by atoms with Crippen molar-refractivity contribution in [2.45, 2.75) is 52.1 Å². The summed E-state index contributed by atoms with van der Waals surface area (Å²) in [5, 5.41) is 4.43. The van der Waals surface area contributed by atoms with Gasteiger partial charge in [-0.3, -0.25) is 9.48 Å². The van der Waals surface area contributed by atoms with E-state index in [2.05, 4.69) is 5.10 Å². The lowest BCUT2D eigenvalue weighted by Gasteiger charge is -2.36. The molecule has 1 aromatic rings. The van der Waals surface area contributed by atoms with Gasteiger partial charge in [0.2, 0.25) is 15.9 Å². The SMILES string of the molecule is Cc1cc(C)n(CCCC(=O)N2C[C@H]3CC[C@@H]2CN(S(C)(=O)=O)C3)n1. The molecule has 25 heavy (non-hydrogen) atoms. The third kappa shape index (κ3) is 4.23. The molecule has 0 radical (unpaired) electrons. The van der Waals surface area contributed by atoms with E-state index in [9.17, 15) is 13.2 Å². The number of piperidine rings is 1. The first-order valence-corrected chi connectivity index (χ1v) is 10.8. The van der Waals surface area contributed by atoms with Crippen LogP contribution >= 0.6 is 0 Å². The fraction of sp³-hybridized carbons (Fsp3) is 0.765. The van der Waals surface area contributed by atoms with E-state index in [1.54, 1.807) is 4.31 Å². The van der Waals surface area contributed by atoms with Crippen LogP contribution in [0.4, 0.5) is 0 Å². The molecule has 7 nitrogen and oxygen atoms in total. The van der Waals surface area contributed by atoms with Crippen molar-refractivity contribution in [3.05, 3.63) is 17.5 Å². The molecule has 3 saturated heterocycles. The first-order chi connectivity index (χ1) is 11.7. The van der Waals surface area contributed by atoms with Gasteiger partial charge in [-0.1, -0.05) is 0 Å². The molecule has 0 N–H and O–H groups in total. The zero-order chi connectivity index (χ0) is 18.2. The Bertz CT molecular complexity index is 743. The highest BCUT2D eigenvalue weighted by Gasteiger charge is 2.39. The molecule has 4 heterocycles. The van der Waals surface area contributed by atoms with Crippen LogP contribution in [0, 0.1) is 19.8 Å². The molecule has 0 unspecified atom stereocenters. The van der Waals surface area contributed by atoms with Gasteiger partial charge in [-0.2, -0.15) is 9.40 Å². The Morgan fingerprint density at radius 3 is 2.64 bits per heavy atom. The molecule has 140 valence electrons. The van der Waals surface area contributed by atoms with Gasteiger partial charge < -0.3 is 4.90 Å². The van der Waals surface area contributed by atoms with Crippen molar-refractivity contribution < 1.29 is 13.2 Å². The second kappa shape index (κ2) is 7.07. The quantitative estimate of drug-likeness (QED) is 0.782. The summed E-state index contributed by atoms with van der Waals surface area (Å²) >= 11 is 0. The van der Waals surface area contributed by atoms with Crippen molar-refractivity contribution >= 4 is 15.9 Å². The van der Waals surface area contributed by atoms with E-state index in [-0.39, 0.29) is 17.9 Å². The Labute approximate surface area is 150 Å². The second-order valence-corrected chi connectivity index (χ2v) is 9.46. The van der Waals surface area contributed by atoms with Crippen molar-refractivity contribution in [1.29, 1.82) is 0 Å². The largest absolute Gasteiger partial charge is 0.338 e. The molecule has 3 fully saturated rings. The lowest BCUT2D eigenvalue weighted by atomic mass is 9.94. The highest BCUT2D eigenvalue weighted by molar-refractivity contribution is 7.88. The van der Waals surface area contributed by atoms with Gasteiger partial charge in [0.15, 0.2) is 0 Å². The van der Waals surface area contributed by atoms with Crippen molar-refractivity contribution in [3.63, 3.8) is 0 Å². The normalized spacial score (nSPS) is 24.5. The zero-order valence-electron chi connectivity index (χ0n) is 15.3. The van der Waals surface area contributed by atoms with Crippen molar-refractivity contribution in [2.24, 2.45) is 5.92 Å². The summed E-state index contributed by atoms with van der Waals surface area (Å²) in [5.74, 6) is 0.403. The molecule has 0 aromatic carbocycles. The van der Waals surface area contributed by atoms with Crippen LogP contribution in [-0.2, 0) is 21.4 Å². The third-order valence-electron chi connectivity index (χ3n) is 5.33. The summed E-state index contributed by atoms with van der Waals surface area (Å²) in [7, 11) is -3.20. The van der Waals surface area contributed by atoms with Gasteiger partial charge >= 0.3 is 0 Å². The van der Waals surface area contributed by atoms with Crippen molar-refractivity contribution in [2.75, 3.05) is 25.9 Å². The van der Waals surface area contributed by atoms with Crippen LogP contribution in [0.1, 0.15) is 37.1 Å². The van der Waals surface area contributed by atoms with E-state index in [0.717, 1.165) is 37.2 Å². The number of hydrogen-bond acceptors (Lipinski definition) is 4. The average Bonchev–Trinajstić information content (AvgIpc) is 2.72. The number of carbonyl (C=O) groups excluding carboxylic acids is 1. The Morgan fingerprint density at radius 1 is 1.24 bits per heavy atom. The topological polar surface area (TPSA) is 75.5 Å². The summed E-state index contributed by atoms with van der Waals surface area (Å²) < 4.78 is 27.3. The van der Waals surface area contributed by atoms with E-state index in [1.165, 1.54) is 6.26 Å². The fourth-order valence-corrected chi connectivity index (χ4v) is 4.96. The molecular weight excluding hydrogens is 340 g/mol. The highest BCUT2D eigenvalue weighted by Crippen LogP contribution is 2.29. The molecule has 1 aromatic heterocycles. The van der Waals surface area contributed by atoms with E-state index in [4.69, 9.17) is 0 Å². The number of carbonyl (C=O) groups is 1. The predicted octanol–water partition coefficient (Wildman–Crippen LogP) is 1.16. The number of hydrogen-bond donors (Lipinski definition) is 0. The summed E-state index contributed by atoms with van der Waals surface area (Å²) in [6.45, 7) is 6.41. The fourth-order valence-electron chi connectivity index (χ4n) is 4.04. The molecule has 4 rings (SSSR count). The van der Waals surface area contributed by atoms with Crippen LogP contribution in [-0.4, -0.2) is 65.2 Å². The van der Waals surface area contributed by atoms with Crippen LogP contribution < -0.4 is 0 Å². The van der Waals surface area contributed by atoms with Crippen LogP contribution in [0.2, 0.25) is 0 Å². The number of nitrogens with zero attached hydrogens (tertiary/aromatic N) is 4. The summed E-state index contributed by atoms with van der Waals surface area (Å²) in [6.07, 6.45) is 4.41. The van der Waals surface area contributed by atoms with E-state index >= 15 is 0 Å². The molecule has 2 atom stereocenters. The molecule has 0 saturated carbocycles. The molecule has 8 heteroatoms. The minimum absolute atomic E-state index is 0.0228. The molecule has 0 aliphatic carbocycles. The monoisotopic (exact) mass is 368 g/mol. The highest BCUT2D eigenvalue weighted by atomic mass is 32.2. The third-order valence-corrected chi connectivity index (χ3v) is 6.57. The lowest BCUT2D eigenvalue weighted by molar-refractivity contribution is -0.135. The van der Waals surface area contributed by atoms with Gasteiger partial charge in [-0.15, -0.1) is 0 Å². The van der Waals surface area contributed by atoms with E-state index in [0.29, 0.717) is 26.1 Å². The first kappa shape index (κ1) is 18.4. The van der Waals surface area contributed by atoms with Crippen LogP contribution in [0.3, 0.4) is 0 Å². The molecular formula is C17H28N4O3S. The smallest absolute Gasteiger partial charge is 0.222 e. The standard InChI is InChI=1S/C17H28N4O3S/c1-13-9-14(2)21(18-13)8-4-5-17(22)20-11-15-6-7-16(20)12-19(10-15)25(3,23)24/h9,15-16H,4-8,10-12H2,1-3H3/t15-,16+/m0/s1. The van der Waals surface area contributed by atoms with Crippen molar-refractivity contribution in [1.82, 2.24) is 19.0 Å². The number of fused-ring (bicyclic) bond motifs is 4. The number of sulfonamides is 1. The van der Waals surface area contributed by atoms with Gasteiger partial charge in [0, 0.05) is 44.3 Å². The minimum atomic E-state index is -3.20. The molecule has 3 aliphatic rings. The van der Waals surface area contributed by atoms with Gasteiger partial charge in [-0.25, -0.2) is 8.42 Å². The lowest BCUT2D eigenvalue weighted by Crippen LogP contribution is -2.47. The summed E-state index contributed by atoms with van der Waals surface area (Å²) in [6, 6.07) is 2.06. The van der Waals surface area contributed by atoms with Crippen molar-refractivity contribution in [3.8, 4) is 0 Å². The van der Waals surface area contributed by atoms with Crippen LogP contribution in [0.15, 0.2) is 6.07 Å². The van der Waals surface area contributed by atoms with Crippen LogP contribution in [0.5, 0.6) is 0 Å². The Kier molecular flexibility index (Phi) is 5.20. The van der Waals surface area contributed by atoms with Gasteiger partial charge in [0.1, 0.15) is 0 Å². The van der Waals surface area contributed by atoms with Gasteiger partial charge in [0.25, 0.3) is 0 Å². The average molecular weight is 369 g/mol. The summed E-state index contributed by atoms with van der Waals surface area (Å²) in [5.41, 5.74) is 2.11. The zero-order valence-corrected chi connectivity index (χ0v) is 16.1. The Balaban J connectivity index is 1.58. The maximum Gasteiger partial charge on any atom is 0.222 e. The second-order valence-electron chi connectivity index (χ2n) is 7.48. The minimum Gasteiger partial charge on any atom is -0.338 e. The van der Waals surface area contributed by atoms with E-state index < -0.39 is 10.0 Å². The summed E-state index contributed by atoms with van der Waals surface area (Å²) in [4.78, 5) is 14.6. The molecule has 0 spiro atoms. The Hall–Kier alpha value is -1.41. The maximum atomic E-state index is 12.7. The number of amides is 1. The Morgan fingerprint density at radius 2 is 2.00 bits per heavy atom. The maximum absolute atomic E-state index is 12.7. The van der Waals surface area contributed by atoms with Gasteiger partial charge in [0.05, 0.1) is 11.9 Å². The molecule has 2 bridgehead atoms. The number of aromatic nitrogens is 2. The van der Waals surface area contributed by atoms with Crippen LogP contribution in [0.25, 0.3) is 0 Å². The van der Waals surface area contributed by atoms with E-state index in [1.807, 2.05) is 29.5 Å². The molecule has 3 aliphatic heterocycles.